The standard InChI is InChI=1S/C20H21N3O3S/c1-3-23-18(24)13-17(19(25)21-14-7-5-4-6-8-14)27-20(23)22-15-9-11-16(26-2)12-10-15/h4-12,17H,3,13H2,1-2H3,(H,21,25)/t17-/m0/s1. The number of para-hydroxylation sites is 1. The molecular formula is C20H21N3O3S. The number of anilines is 1. The van der Waals surface area contributed by atoms with E-state index in [0.29, 0.717) is 23.1 Å². The number of methoxy groups -OCH3 is 1. The van der Waals surface area contributed by atoms with Gasteiger partial charge < -0.3 is 10.1 Å². The molecule has 7 heteroatoms. The summed E-state index contributed by atoms with van der Waals surface area (Å²) in [6.07, 6.45) is 0.152. The van der Waals surface area contributed by atoms with E-state index in [1.165, 1.54) is 11.8 Å². The minimum atomic E-state index is -0.516. The molecule has 3 rings (SSSR count). The largest absolute Gasteiger partial charge is 0.497 e. The first-order chi connectivity index (χ1) is 13.1. The van der Waals surface area contributed by atoms with E-state index in [4.69, 9.17) is 4.74 Å². The molecule has 0 saturated carbocycles. The summed E-state index contributed by atoms with van der Waals surface area (Å²) in [5.41, 5.74) is 1.41. The Labute approximate surface area is 162 Å². The number of hydrogen-bond acceptors (Lipinski definition) is 5. The lowest BCUT2D eigenvalue weighted by atomic mass is 10.2. The minimum absolute atomic E-state index is 0.100. The fourth-order valence-electron chi connectivity index (χ4n) is 2.66. The molecule has 2 aromatic carbocycles. The second-order valence-corrected chi connectivity index (χ2v) is 7.07. The van der Waals surface area contributed by atoms with E-state index >= 15 is 0 Å². The molecular weight excluding hydrogens is 362 g/mol. The van der Waals surface area contributed by atoms with Crippen LogP contribution in [0.25, 0.3) is 0 Å². The van der Waals surface area contributed by atoms with E-state index in [9.17, 15) is 9.59 Å². The van der Waals surface area contributed by atoms with Crippen LogP contribution in [-0.2, 0) is 9.59 Å². The summed E-state index contributed by atoms with van der Waals surface area (Å²) in [5, 5.41) is 2.88. The smallest absolute Gasteiger partial charge is 0.238 e. The Morgan fingerprint density at radius 1 is 1.22 bits per heavy atom. The van der Waals surface area contributed by atoms with Crippen molar-refractivity contribution in [3.05, 3.63) is 54.6 Å². The van der Waals surface area contributed by atoms with Gasteiger partial charge in [0, 0.05) is 18.7 Å². The van der Waals surface area contributed by atoms with Crippen molar-refractivity contribution in [2.45, 2.75) is 18.6 Å². The summed E-state index contributed by atoms with van der Waals surface area (Å²) in [6, 6.07) is 16.5. The van der Waals surface area contributed by atoms with Crippen molar-refractivity contribution < 1.29 is 14.3 Å². The predicted octanol–water partition coefficient (Wildman–Crippen LogP) is 3.68. The van der Waals surface area contributed by atoms with Crippen molar-refractivity contribution in [1.82, 2.24) is 4.90 Å². The third-order valence-corrected chi connectivity index (χ3v) is 5.27. The van der Waals surface area contributed by atoms with E-state index in [-0.39, 0.29) is 18.2 Å². The molecule has 1 atom stereocenters. The van der Waals surface area contributed by atoms with Gasteiger partial charge in [0.2, 0.25) is 11.8 Å². The Kier molecular flexibility index (Phi) is 6.13. The molecule has 2 amide bonds. The summed E-state index contributed by atoms with van der Waals surface area (Å²) >= 11 is 1.31. The van der Waals surface area contributed by atoms with Crippen LogP contribution in [0.1, 0.15) is 13.3 Å². The Hall–Kier alpha value is -2.80. The van der Waals surface area contributed by atoms with Crippen molar-refractivity contribution in [1.29, 1.82) is 0 Å². The Morgan fingerprint density at radius 3 is 2.56 bits per heavy atom. The number of nitrogens with one attached hydrogen (secondary N) is 1. The highest BCUT2D eigenvalue weighted by Gasteiger charge is 2.35. The maximum absolute atomic E-state index is 12.6. The number of rotatable bonds is 5. The Morgan fingerprint density at radius 2 is 1.93 bits per heavy atom. The van der Waals surface area contributed by atoms with Crippen LogP contribution in [0, 0.1) is 0 Å². The van der Waals surface area contributed by atoms with E-state index in [1.54, 1.807) is 12.0 Å². The van der Waals surface area contributed by atoms with Gasteiger partial charge in [0.05, 0.1) is 12.8 Å². The number of thioether (sulfide) groups is 1. The van der Waals surface area contributed by atoms with Crippen LogP contribution in [-0.4, -0.2) is 40.8 Å². The van der Waals surface area contributed by atoms with Crippen molar-refractivity contribution in [2.24, 2.45) is 4.99 Å². The highest BCUT2D eigenvalue weighted by atomic mass is 32.2. The van der Waals surface area contributed by atoms with Gasteiger partial charge in [-0.1, -0.05) is 30.0 Å². The number of ether oxygens (including phenoxy) is 1. The molecule has 0 aromatic heterocycles. The molecule has 1 fully saturated rings. The molecule has 0 bridgehead atoms. The average Bonchev–Trinajstić information content (AvgIpc) is 2.69. The van der Waals surface area contributed by atoms with Gasteiger partial charge in [0.25, 0.3) is 0 Å². The molecule has 0 spiro atoms. The van der Waals surface area contributed by atoms with Crippen LogP contribution in [0.3, 0.4) is 0 Å². The minimum Gasteiger partial charge on any atom is -0.497 e. The second kappa shape index (κ2) is 8.73. The van der Waals surface area contributed by atoms with Crippen molar-refractivity contribution in [3.63, 3.8) is 0 Å². The van der Waals surface area contributed by atoms with E-state index in [0.717, 1.165) is 5.75 Å². The molecule has 0 unspecified atom stereocenters. The number of carbonyl (C=O) groups is 2. The maximum atomic E-state index is 12.6. The SMILES string of the molecule is CCN1C(=O)C[C@@H](C(=O)Nc2ccccc2)SC1=Nc1ccc(OC)cc1. The number of aliphatic imine (C=N–C) groups is 1. The van der Waals surface area contributed by atoms with E-state index < -0.39 is 5.25 Å². The first-order valence-corrected chi connectivity index (χ1v) is 9.54. The highest BCUT2D eigenvalue weighted by Crippen LogP contribution is 2.30. The zero-order valence-electron chi connectivity index (χ0n) is 15.2. The molecule has 1 aliphatic rings. The maximum Gasteiger partial charge on any atom is 0.238 e. The molecule has 1 aliphatic heterocycles. The molecule has 1 N–H and O–H groups in total. The van der Waals surface area contributed by atoms with Gasteiger partial charge in [-0.3, -0.25) is 14.5 Å². The zero-order chi connectivity index (χ0) is 19.2. The lowest BCUT2D eigenvalue weighted by Gasteiger charge is -2.30. The molecule has 0 aliphatic carbocycles. The summed E-state index contributed by atoms with van der Waals surface area (Å²) in [4.78, 5) is 31.3. The number of hydrogen-bond donors (Lipinski definition) is 1. The lowest BCUT2D eigenvalue weighted by Crippen LogP contribution is -2.45. The molecule has 140 valence electrons. The highest BCUT2D eigenvalue weighted by molar-refractivity contribution is 8.15. The summed E-state index contributed by atoms with van der Waals surface area (Å²) in [6.45, 7) is 2.40. The van der Waals surface area contributed by atoms with Crippen LogP contribution in [0.5, 0.6) is 5.75 Å². The van der Waals surface area contributed by atoms with Gasteiger partial charge in [0.1, 0.15) is 11.0 Å². The Balaban J connectivity index is 1.79. The van der Waals surface area contributed by atoms with Crippen LogP contribution >= 0.6 is 11.8 Å². The summed E-state index contributed by atoms with van der Waals surface area (Å²) in [5.74, 6) is 0.438. The predicted molar refractivity (Wildman–Crippen MR) is 109 cm³/mol. The molecule has 0 radical (unpaired) electrons. The molecule has 2 aromatic rings. The van der Waals surface area contributed by atoms with Crippen LogP contribution in [0.4, 0.5) is 11.4 Å². The van der Waals surface area contributed by atoms with Crippen molar-refractivity contribution >= 4 is 40.1 Å². The average molecular weight is 383 g/mol. The molecule has 1 heterocycles. The van der Waals surface area contributed by atoms with Crippen LogP contribution in [0.15, 0.2) is 59.6 Å². The fourth-order valence-corrected chi connectivity index (χ4v) is 3.83. The van der Waals surface area contributed by atoms with Crippen LogP contribution < -0.4 is 10.1 Å². The van der Waals surface area contributed by atoms with E-state index in [2.05, 4.69) is 10.3 Å². The Bertz CT molecular complexity index is 837. The third kappa shape index (κ3) is 4.68. The zero-order valence-corrected chi connectivity index (χ0v) is 16.0. The number of nitrogens with zero attached hydrogens (tertiary/aromatic N) is 2. The number of amides is 2. The summed E-state index contributed by atoms with van der Waals surface area (Å²) in [7, 11) is 1.60. The quantitative estimate of drug-likeness (QED) is 0.855. The van der Waals surface area contributed by atoms with Gasteiger partial charge in [-0.2, -0.15) is 0 Å². The lowest BCUT2D eigenvalue weighted by molar-refractivity contribution is -0.129. The molecule has 1 saturated heterocycles. The normalized spacial score (nSPS) is 18.4. The fraction of sp³-hybridized carbons (Fsp3) is 0.250. The van der Waals surface area contributed by atoms with E-state index in [1.807, 2.05) is 61.5 Å². The van der Waals surface area contributed by atoms with Gasteiger partial charge in [-0.25, -0.2) is 4.99 Å². The topological polar surface area (TPSA) is 71.0 Å². The van der Waals surface area contributed by atoms with Crippen molar-refractivity contribution in [3.8, 4) is 5.75 Å². The van der Waals surface area contributed by atoms with Gasteiger partial charge in [-0.15, -0.1) is 0 Å². The monoisotopic (exact) mass is 383 g/mol. The number of carbonyl (C=O) groups excluding carboxylic acids is 2. The van der Waals surface area contributed by atoms with Crippen molar-refractivity contribution in [2.75, 3.05) is 19.0 Å². The number of amidine groups is 1. The first-order valence-electron chi connectivity index (χ1n) is 8.66. The molecule has 6 nitrogen and oxygen atoms in total. The summed E-state index contributed by atoms with van der Waals surface area (Å²) < 4.78 is 5.15. The van der Waals surface area contributed by atoms with Crippen LogP contribution in [0.2, 0.25) is 0 Å². The van der Waals surface area contributed by atoms with Gasteiger partial charge in [-0.05, 0) is 43.3 Å². The first kappa shape index (κ1) is 19.0. The third-order valence-electron chi connectivity index (χ3n) is 4.09. The second-order valence-electron chi connectivity index (χ2n) is 5.90. The molecule has 27 heavy (non-hydrogen) atoms. The number of benzene rings is 2. The van der Waals surface area contributed by atoms with Gasteiger partial charge >= 0.3 is 0 Å². The van der Waals surface area contributed by atoms with Gasteiger partial charge in [0.15, 0.2) is 5.17 Å².